The van der Waals surface area contributed by atoms with Crippen LogP contribution in [-0.2, 0) is 17.6 Å². The largest absolute Gasteiger partial charge is 0.447 e. The van der Waals surface area contributed by atoms with Crippen LogP contribution in [0.1, 0.15) is 31.4 Å². The van der Waals surface area contributed by atoms with Crippen LogP contribution < -0.4 is 5.32 Å². The van der Waals surface area contributed by atoms with Gasteiger partial charge in [0.1, 0.15) is 0 Å². The Morgan fingerprint density at radius 3 is 2.81 bits per heavy atom. The van der Waals surface area contributed by atoms with Gasteiger partial charge >= 0.3 is 6.09 Å². The lowest BCUT2D eigenvalue weighted by Crippen LogP contribution is -2.18. The van der Waals surface area contributed by atoms with E-state index < -0.39 is 0 Å². The first kappa shape index (κ1) is 11.0. The van der Waals surface area contributed by atoms with Gasteiger partial charge in [-0.25, -0.2) is 4.79 Å². The standard InChI is InChI=1S/C13H17NO2/c1-9(2)16-13(15)14-12-7-6-10-4-3-5-11(10)8-12/h6-9H,3-5H2,1-2H3,(H,14,15). The van der Waals surface area contributed by atoms with Gasteiger partial charge in [0.2, 0.25) is 0 Å². The molecule has 0 saturated carbocycles. The molecule has 16 heavy (non-hydrogen) atoms. The molecule has 0 radical (unpaired) electrons. The molecule has 0 bridgehead atoms. The number of fused-ring (bicyclic) bond motifs is 1. The fourth-order valence-electron chi connectivity index (χ4n) is 2.01. The van der Waals surface area contributed by atoms with Crippen LogP contribution in [0.3, 0.4) is 0 Å². The van der Waals surface area contributed by atoms with Crippen LogP contribution in [0.2, 0.25) is 0 Å². The molecule has 0 saturated heterocycles. The first-order valence-electron chi connectivity index (χ1n) is 5.74. The van der Waals surface area contributed by atoms with E-state index in [1.807, 2.05) is 26.0 Å². The van der Waals surface area contributed by atoms with Gasteiger partial charge in [0.25, 0.3) is 0 Å². The summed E-state index contributed by atoms with van der Waals surface area (Å²) in [6, 6.07) is 6.07. The molecule has 3 nitrogen and oxygen atoms in total. The van der Waals surface area contributed by atoms with E-state index in [4.69, 9.17) is 4.74 Å². The van der Waals surface area contributed by atoms with E-state index >= 15 is 0 Å². The zero-order valence-electron chi connectivity index (χ0n) is 9.75. The number of anilines is 1. The van der Waals surface area contributed by atoms with Crippen molar-refractivity contribution in [1.29, 1.82) is 0 Å². The Bertz CT molecular complexity index is 399. The van der Waals surface area contributed by atoms with Gasteiger partial charge < -0.3 is 4.74 Å². The van der Waals surface area contributed by atoms with E-state index in [2.05, 4.69) is 11.4 Å². The van der Waals surface area contributed by atoms with Crippen LogP contribution in [0.15, 0.2) is 18.2 Å². The normalized spacial score (nSPS) is 13.7. The summed E-state index contributed by atoms with van der Waals surface area (Å²) in [5.74, 6) is 0. The predicted octanol–water partition coefficient (Wildman–Crippen LogP) is 3.13. The molecule has 0 spiro atoms. The smallest absolute Gasteiger partial charge is 0.411 e. The minimum atomic E-state index is -0.382. The third kappa shape index (κ3) is 2.54. The summed E-state index contributed by atoms with van der Waals surface area (Å²) in [5, 5.41) is 2.74. The number of benzene rings is 1. The molecule has 0 heterocycles. The molecule has 0 fully saturated rings. The molecule has 1 aromatic carbocycles. The van der Waals surface area contributed by atoms with Crippen LogP contribution in [0.25, 0.3) is 0 Å². The molecule has 1 aliphatic carbocycles. The van der Waals surface area contributed by atoms with Gasteiger partial charge in [0.05, 0.1) is 6.10 Å². The lowest BCUT2D eigenvalue weighted by atomic mass is 10.1. The number of carbonyl (C=O) groups is 1. The Morgan fingerprint density at radius 2 is 2.06 bits per heavy atom. The summed E-state index contributed by atoms with van der Waals surface area (Å²) in [5.41, 5.74) is 3.58. The summed E-state index contributed by atoms with van der Waals surface area (Å²) in [4.78, 5) is 11.4. The number of carbonyl (C=O) groups excluding carboxylic acids is 1. The average molecular weight is 219 g/mol. The zero-order chi connectivity index (χ0) is 11.5. The topological polar surface area (TPSA) is 38.3 Å². The van der Waals surface area contributed by atoms with Crippen LogP contribution in [0.4, 0.5) is 10.5 Å². The summed E-state index contributed by atoms with van der Waals surface area (Å²) >= 11 is 0. The molecule has 2 rings (SSSR count). The van der Waals surface area contributed by atoms with Gasteiger partial charge in [-0.3, -0.25) is 5.32 Å². The van der Waals surface area contributed by atoms with Gasteiger partial charge in [-0.1, -0.05) is 6.07 Å². The van der Waals surface area contributed by atoms with Gasteiger partial charge in [-0.2, -0.15) is 0 Å². The highest BCUT2D eigenvalue weighted by atomic mass is 16.6. The summed E-state index contributed by atoms with van der Waals surface area (Å²) in [6.45, 7) is 3.67. The second-order valence-corrected chi connectivity index (χ2v) is 4.42. The second kappa shape index (κ2) is 4.56. The third-order valence-electron chi connectivity index (χ3n) is 2.69. The van der Waals surface area contributed by atoms with E-state index in [1.54, 1.807) is 0 Å². The average Bonchev–Trinajstić information content (AvgIpc) is 2.63. The fourth-order valence-corrected chi connectivity index (χ4v) is 2.01. The van der Waals surface area contributed by atoms with E-state index in [-0.39, 0.29) is 12.2 Å². The molecular weight excluding hydrogens is 202 g/mol. The molecule has 1 amide bonds. The highest BCUT2D eigenvalue weighted by molar-refractivity contribution is 5.84. The zero-order valence-corrected chi connectivity index (χ0v) is 9.75. The highest BCUT2D eigenvalue weighted by Crippen LogP contribution is 2.24. The van der Waals surface area contributed by atoms with E-state index in [0.717, 1.165) is 18.5 Å². The maximum absolute atomic E-state index is 11.4. The van der Waals surface area contributed by atoms with Crippen LogP contribution in [0, 0.1) is 0 Å². The molecular formula is C13H17NO2. The molecule has 0 aromatic heterocycles. The van der Waals surface area contributed by atoms with Crippen molar-refractivity contribution in [2.24, 2.45) is 0 Å². The number of hydrogen-bond donors (Lipinski definition) is 1. The Balaban J connectivity index is 2.02. The van der Waals surface area contributed by atoms with E-state index in [1.165, 1.54) is 17.5 Å². The van der Waals surface area contributed by atoms with Crippen molar-refractivity contribution in [3.05, 3.63) is 29.3 Å². The third-order valence-corrected chi connectivity index (χ3v) is 2.69. The number of aryl methyl sites for hydroxylation is 2. The van der Waals surface area contributed by atoms with Crippen molar-refractivity contribution in [2.45, 2.75) is 39.2 Å². The monoisotopic (exact) mass is 219 g/mol. The lowest BCUT2D eigenvalue weighted by molar-refractivity contribution is 0.130. The molecule has 1 N–H and O–H groups in total. The number of amides is 1. The molecule has 0 aliphatic heterocycles. The van der Waals surface area contributed by atoms with Crippen molar-refractivity contribution < 1.29 is 9.53 Å². The van der Waals surface area contributed by atoms with E-state index in [0.29, 0.717) is 0 Å². The van der Waals surface area contributed by atoms with Gasteiger partial charge in [0.15, 0.2) is 0 Å². The van der Waals surface area contributed by atoms with Crippen molar-refractivity contribution in [2.75, 3.05) is 5.32 Å². The van der Waals surface area contributed by atoms with Crippen molar-refractivity contribution in [3.63, 3.8) is 0 Å². The Hall–Kier alpha value is -1.51. The molecule has 1 aliphatic rings. The summed E-state index contributed by atoms with van der Waals surface area (Å²) in [6.07, 6.45) is 3.02. The van der Waals surface area contributed by atoms with Crippen molar-refractivity contribution in [1.82, 2.24) is 0 Å². The molecule has 3 heteroatoms. The van der Waals surface area contributed by atoms with Gasteiger partial charge in [-0.15, -0.1) is 0 Å². The van der Waals surface area contributed by atoms with Crippen LogP contribution in [0.5, 0.6) is 0 Å². The van der Waals surface area contributed by atoms with Crippen LogP contribution >= 0.6 is 0 Å². The first-order valence-corrected chi connectivity index (χ1v) is 5.74. The lowest BCUT2D eigenvalue weighted by Gasteiger charge is -2.10. The van der Waals surface area contributed by atoms with E-state index in [9.17, 15) is 4.79 Å². The van der Waals surface area contributed by atoms with Crippen molar-refractivity contribution in [3.8, 4) is 0 Å². The quantitative estimate of drug-likeness (QED) is 0.829. The fraction of sp³-hybridized carbons (Fsp3) is 0.462. The SMILES string of the molecule is CC(C)OC(=O)Nc1ccc2c(c1)CCC2. The van der Waals surface area contributed by atoms with Gasteiger partial charge in [0, 0.05) is 5.69 Å². The minimum Gasteiger partial charge on any atom is -0.447 e. The Kier molecular flexibility index (Phi) is 3.13. The maximum atomic E-state index is 11.4. The Morgan fingerprint density at radius 1 is 1.31 bits per heavy atom. The molecule has 0 unspecified atom stereocenters. The number of rotatable bonds is 2. The number of nitrogens with one attached hydrogen (secondary N) is 1. The summed E-state index contributed by atoms with van der Waals surface area (Å²) in [7, 11) is 0. The predicted molar refractivity (Wildman–Crippen MR) is 63.7 cm³/mol. The van der Waals surface area contributed by atoms with Crippen LogP contribution in [-0.4, -0.2) is 12.2 Å². The minimum absolute atomic E-state index is 0.0885. The first-order chi connectivity index (χ1) is 7.65. The Labute approximate surface area is 95.8 Å². The molecule has 0 atom stereocenters. The summed E-state index contributed by atoms with van der Waals surface area (Å²) < 4.78 is 5.02. The van der Waals surface area contributed by atoms with Crippen molar-refractivity contribution >= 4 is 11.8 Å². The van der Waals surface area contributed by atoms with Gasteiger partial charge in [-0.05, 0) is 56.4 Å². The second-order valence-electron chi connectivity index (χ2n) is 4.42. The highest BCUT2D eigenvalue weighted by Gasteiger charge is 2.12. The number of ether oxygens (including phenoxy) is 1. The number of hydrogen-bond acceptors (Lipinski definition) is 2. The molecule has 1 aromatic rings. The maximum Gasteiger partial charge on any atom is 0.411 e. The molecule has 86 valence electrons.